The Labute approximate surface area is 108 Å². The van der Waals surface area contributed by atoms with Crippen molar-refractivity contribution < 1.29 is 9.13 Å². The summed E-state index contributed by atoms with van der Waals surface area (Å²) in [6.45, 7) is 1.99. The average Bonchev–Trinajstić information content (AvgIpc) is 2.28. The SMILES string of the molecule is COc1c(Br)cc(F)cc1-c1ccccc1C. The van der Waals surface area contributed by atoms with E-state index < -0.39 is 0 Å². The first-order valence-corrected chi connectivity index (χ1v) is 6.02. The largest absolute Gasteiger partial charge is 0.495 e. The van der Waals surface area contributed by atoms with Crippen LogP contribution < -0.4 is 4.74 Å². The molecule has 2 aromatic carbocycles. The smallest absolute Gasteiger partial charge is 0.141 e. The van der Waals surface area contributed by atoms with Crippen molar-refractivity contribution in [2.45, 2.75) is 6.92 Å². The number of benzene rings is 2. The van der Waals surface area contributed by atoms with Gasteiger partial charge in [-0.05, 0) is 46.1 Å². The summed E-state index contributed by atoms with van der Waals surface area (Å²) in [4.78, 5) is 0. The molecule has 2 rings (SSSR count). The standard InChI is InChI=1S/C14H12BrFO/c1-9-5-3-4-6-11(9)12-7-10(16)8-13(15)14(12)17-2/h3-8H,1-2H3. The van der Waals surface area contributed by atoms with E-state index in [1.807, 2.05) is 31.2 Å². The van der Waals surface area contributed by atoms with Crippen LogP contribution in [0.5, 0.6) is 5.75 Å². The zero-order valence-electron chi connectivity index (χ0n) is 9.63. The molecule has 0 heterocycles. The van der Waals surface area contributed by atoms with Crippen LogP contribution in [0, 0.1) is 12.7 Å². The summed E-state index contributed by atoms with van der Waals surface area (Å²) in [5, 5.41) is 0. The van der Waals surface area contributed by atoms with Crippen LogP contribution in [0.4, 0.5) is 4.39 Å². The lowest BCUT2D eigenvalue weighted by Crippen LogP contribution is -1.92. The van der Waals surface area contributed by atoms with Crippen molar-refractivity contribution in [3.05, 3.63) is 52.3 Å². The van der Waals surface area contributed by atoms with Crippen molar-refractivity contribution in [3.63, 3.8) is 0 Å². The number of ether oxygens (including phenoxy) is 1. The fourth-order valence-corrected chi connectivity index (χ4v) is 2.44. The molecule has 0 fully saturated rings. The molecule has 0 aromatic heterocycles. The molecule has 0 N–H and O–H groups in total. The zero-order valence-corrected chi connectivity index (χ0v) is 11.2. The molecule has 3 heteroatoms. The maximum atomic E-state index is 13.5. The Morgan fingerprint density at radius 1 is 1.12 bits per heavy atom. The van der Waals surface area contributed by atoms with E-state index in [1.54, 1.807) is 7.11 Å². The van der Waals surface area contributed by atoms with Crippen molar-refractivity contribution in [1.82, 2.24) is 0 Å². The molecule has 0 aliphatic carbocycles. The minimum absolute atomic E-state index is 0.282. The lowest BCUT2D eigenvalue weighted by molar-refractivity contribution is 0.412. The van der Waals surface area contributed by atoms with Crippen LogP contribution in [-0.4, -0.2) is 7.11 Å². The minimum Gasteiger partial charge on any atom is -0.495 e. The quantitative estimate of drug-likeness (QED) is 0.788. The van der Waals surface area contributed by atoms with Crippen molar-refractivity contribution in [1.29, 1.82) is 0 Å². The van der Waals surface area contributed by atoms with Crippen molar-refractivity contribution in [3.8, 4) is 16.9 Å². The first-order chi connectivity index (χ1) is 8.13. The highest BCUT2D eigenvalue weighted by molar-refractivity contribution is 9.10. The van der Waals surface area contributed by atoms with E-state index >= 15 is 0 Å². The van der Waals surface area contributed by atoms with Gasteiger partial charge in [-0.25, -0.2) is 4.39 Å². The van der Waals surface area contributed by atoms with Gasteiger partial charge >= 0.3 is 0 Å². The maximum absolute atomic E-state index is 13.5. The van der Waals surface area contributed by atoms with Gasteiger partial charge in [-0.15, -0.1) is 0 Å². The first kappa shape index (κ1) is 12.1. The molecular weight excluding hydrogens is 283 g/mol. The van der Waals surface area contributed by atoms with E-state index in [1.165, 1.54) is 12.1 Å². The Kier molecular flexibility index (Phi) is 3.48. The molecule has 0 spiro atoms. The summed E-state index contributed by atoms with van der Waals surface area (Å²) >= 11 is 3.31. The van der Waals surface area contributed by atoms with Crippen molar-refractivity contribution >= 4 is 15.9 Å². The Balaban J connectivity index is 2.70. The summed E-state index contributed by atoms with van der Waals surface area (Å²) in [6, 6.07) is 10.7. The Morgan fingerprint density at radius 2 is 1.82 bits per heavy atom. The van der Waals surface area contributed by atoms with Gasteiger partial charge in [-0.1, -0.05) is 24.3 Å². The third-order valence-electron chi connectivity index (χ3n) is 2.65. The van der Waals surface area contributed by atoms with E-state index in [4.69, 9.17) is 4.74 Å². The molecule has 88 valence electrons. The zero-order chi connectivity index (χ0) is 12.4. The fourth-order valence-electron chi connectivity index (χ4n) is 1.84. The molecule has 17 heavy (non-hydrogen) atoms. The number of aryl methyl sites for hydroxylation is 1. The molecule has 0 amide bonds. The van der Waals surface area contributed by atoms with Crippen LogP contribution in [-0.2, 0) is 0 Å². The normalized spacial score (nSPS) is 10.4. The summed E-state index contributed by atoms with van der Waals surface area (Å²) in [5.74, 6) is 0.372. The summed E-state index contributed by atoms with van der Waals surface area (Å²) < 4.78 is 19.4. The lowest BCUT2D eigenvalue weighted by Gasteiger charge is -2.12. The second-order valence-corrected chi connectivity index (χ2v) is 4.64. The molecule has 0 saturated carbocycles. The predicted molar refractivity (Wildman–Crippen MR) is 70.8 cm³/mol. The molecule has 0 aliphatic rings. The van der Waals surface area contributed by atoms with Gasteiger partial charge in [-0.3, -0.25) is 0 Å². The second-order valence-electron chi connectivity index (χ2n) is 3.78. The Morgan fingerprint density at radius 3 is 2.47 bits per heavy atom. The molecule has 0 radical (unpaired) electrons. The van der Waals surface area contributed by atoms with Crippen molar-refractivity contribution in [2.75, 3.05) is 7.11 Å². The molecule has 0 saturated heterocycles. The molecule has 0 unspecified atom stereocenters. The lowest BCUT2D eigenvalue weighted by atomic mass is 10.00. The third-order valence-corrected chi connectivity index (χ3v) is 3.24. The van der Waals surface area contributed by atoms with E-state index in [0.717, 1.165) is 16.7 Å². The minimum atomic E-state index is -0.282. The van der Waals surface area contributed by atoms with Crippen LogP contribution in [0.2, 0.25) is 0 Å². The summed E-state index contributed by atoms with van der Waals surface area (Å²) in [7, 11) is 1.58. The highest BCUT2D eigenvalue weighted by atomic mass is 79.9. The van der Waals surface area contributed by atoms with Gasteiger partial charge in [0.25, 0.3) is 0 Å². The topological polar surface area (TPSA) is 9.23 Å². The molecular formula is C14H12BrFO. The van der Waals surface area contributed by atoms with E-state index in [9.17, 15) is 4.39 Å². The number of rotatable bonds is 2. The maximum Gasteiger partial charge on any atom is 0.141 e. The van der Waals surface area contributed by atoms with Crippen LogP contribution in [0.3, 0.4) is 0 Å². The van der Waals surface area contributed by atoms with Crippen LogP contribution >= 0.6 is 15.9 Å². The monoisotopic (exact) mass is 294 g/mol. The van der Waals surface area contributed by atoms with Gasteiger partial charge in [0, 0.05) is 5.56 Å². The van der Waals surface area contributed by atoms with Crippen LogP contribution in [0.25, 0.3) is 11.1 Å². The van der Waals surface area contributed by atoms with Gasteiger partial charge in [0.15, 0.2) is 0 Å². The number of hydrogen-bond acceptors (Lipinski definition) is 1. The Hall–Kier alpha value is -1.35. The predicted octanol–water partition coefficient (Wildman–Crippen LogP) is 4.57. The van der Waals surface area contributed by atoms with Gasteiger partial charge in [0.05, 0.1) is 11.6 Å². The average molecular weight is 295 g/mol. The van der Waals surface area contributed by atoms with Gasteiger partial charge in [-0.2, -0.15) is 0 Å². The van der Waals surface area contributed by atoms with E-state index in [-0.39, 0.29) is 5.82 Å². The van der Waals surface area contributed by atoms with Gasteiger partial charge < -0.3 is 4.74 Å². The van der Waals surface area contributed by atoms with E-state index in [0.29, 0.717) is 10.2 Å². The fraction of sp³-hybridized carbons (Fsp3) is 0.143. The second kappa shape index (κ2) is 4.88. The van der Waals surface area contributed by atoms with Gasteiger partial charge in [0.1, 0.15) is 11.6 Å². The molecule has 0 bridgehead atoms. The highest BCUT2D eigenvalue weighted by Crippen LogP contribution is 2.38. The number of halogens is 2. The van der Waals surface area contributed by atoms with Crippen LogP contribution in [0.15, 0.2) is 40.9 Å². The Bertz CT molecular complexity index is 552. The van der Waals surface area contributed by atoms with Crippen molar-refractivity contribution in [2.24, 2.45) is 0 Å². The summed E-state index contributed by atoms with van der Waals surface area (Å²) in [5.41, 5.74) is 2.82. The molecule has 2 aromatic rings. The highest BCUT2D eigenvalue weighted by Gasteiger charge is 2.13. The van der Waals surface area contributed by atoms with Gasteiger partial charge in [0.2, 0.25) is 0 Å². The molecule has 0 atom stereocenters. The van der Waals surface area contributed by atoms with E-state index in [2.05, 4.69) is 15.9 Å². The first-order valence-electron chi connectivity index (χ1n) is 5.22. The molecule has 0 aliphatic heterocycles. The summed E-state index contributed by atoms with van der Waals surface area (Å²) in [6.07, 6.45) is 0. The number of methoxy groups -OCH3 is 1. The number of hydrogen-bond donors (Lipinski definition) is 0. The third kappa shape index (κ3) is 2.34. The molecule has 1 nitrogen and oxygen atoms in total. The van der Waals surface area contributed by atoms with Crippen LogP contribution in [0.1, 0.15) is 5.56 Å².